The average molecular weight is 387 g/mol. The van der Waals surface area contributed by atoms with Gasteiger partial charge in [-0.2, -0.15) is 0 Å². The first-order valence-corrected chi connectivity index (χ1v) is 10.4. The van der Waals surface area contributed by atoms with Gasteiger partial charge in [-0.25, -0.2) is 8.42 Å². The third kappa shape index (κ3) is 4.28. The maximum atomic E-state index is 12.5. The Kier molecular flexibility index (Phi) is 5.18. The highest BCUT2D eigenvalue weighted by Gasteiger charge is 2.21. The van der Waals surface area contributed by atoms with Gasteiger partial charge in [-0.05, 0) is 48.9 Å². The van der Waals surface area contributed by atoms with Gasteiger partial charge in [0.25, 0.3) is 5.91 Å². The zero-order valence-corrected chi connectivity index (χ0v) is 16.0. The molecule has 142 valence electrons. The van der Waals surface area contributed by atoms with Gasteiger partial charge < -0.3 is 10.2 Å². The van der Waals surface area contributed by atoms with Gasteiger partial charge in [-0.3, -0.25) is 13.9 Å². The topological polar surface area (TPSA) is 86.8 Å². The van der Waals surface area contributed by atoms with E-state index in [2.05, 4.69) is 5.32 Å². The molecule has 1 aliphatic heterocycles. The van der Waals surface area contributed by atoms with E-state index in [-0.39, 0.29) is 11.8 Å². The van der Waals surface area contributed by atoms with Crippen molar-refractivity contribution in [2.75, 3.05) is 34.4 Å². The Morgan fingerprint density at radius 1 is 1.15 bits per heavy atom. The Hall–Kier alpha value is -2.87. The fourth-order valence-electron chi connectivity index (χ4n) is 2.88. The van der Waals surface area contributed by atoms with Crippen LogP contribution >= 0.6 is 0 Å². The van der Waals surface area contributed by atoms with E-state index in [9.17, 15) is 18.0 Å². The zero-order valence-electron chi connectivity index (χ0n) is 15.2. The summed E-state index contributed by atoms with van der Waals surface area (Å²) in [7, 11) is -1.97. The number of sulfonamides is 1. The number of nitrogens with one attached hydrogen (secondary N) is 1. The maximum Gasteiger partial charge on any atom is 0.255 e. The van der Waals surface area contributed by atoms with Crippen molar-refractivity contribution in [1.29, 1.82) is 0 Å². The molecule has 0 atom stereocenters. The van der Waals surface area contributed by atoms with Crippen LogP contribution in [0.2, 0.25) is 0 Å². The molecule has 0 bridgehead atoms. The molecule has 27 heavy (non-hydrogen) atoms. The van der Waals surface area contributed by atoms with Gasteiger partial charge in [0.2, 0.25) is 15.9 Å². The first-order valence-electron chi connectivity index (χ1n) is 8.51. The standard InChI is InChI=1S/C19H21N3O4S/c1-21(27(2,25)26)17-6-3-5-14(13-17)19(24)20-15-8-10-16(11-9-15)22-12-4-7-18(22)23/h3,5-6,8-11,13H,4,7,12H2,1-2H3,(H,20,24). The molecule has 2 aromatic carbocycles. The summed E-state index contributed by atoms with van der Waals surface area (Å²) in [4.78, 5) is 26.0. The number of amides is 2. The summed E-state index contributed by atoms with van der Waals surface area (Å²) in [6.45, 7) is 0.713. The molecule has 2 aromatic rings. The van der Waals surface area contributed by atoms with E-state index >= 15 is 0 Å². The molecule has 0 radical (unpaired) electrons. The molecule has 1 saturated heterocycles. The van der Waals surface area contributed by atoms with Crippen molar-refractivity contribution >= 4 is 38.9 Å². The second kappa shape index (κ2) is 7.40. The summed E-state index contributed by atoms with van der Waals surface area (Å²) in [6, 6.07) is 13.5. The van der Waals surface area contributed by atoms with E-state index in [0.29, 0.717) is 29.9 Å². The molecule has 0 saturated carbocycles. The number of anilines is 3. The Morgan fingerprint density at radius 2 is 1.85 bits per heavy atom. The second-order valence-corrected chi connectivity index (χ2v) is 8.44. The van der Waals surface area contributed by atoms with Crippen molar-refractivity contribution in [2.45, 2.75) is 12.8 Å². The van der Waals surface area contributed by atoms with Gasteiger partial charge in [-0.15, -0.1) is 0 Å². The molecule has 3 rings (SSSR count). The molecule has 0 aliphatic carbocycles. The van der Waals surface area contributed by atoms with Crippen molar-refractivity contribution in [3.05, 3.63) is 54.1 Å². The maximum absolute atomic E-state index is 12.5. The monoisotopic (exact) mass is 387 g/mol. The van der Waals surface area contributed by atoms with Crippen LogP contribution in [0.25, 0.3) is 0 Å². The molecular formula is C19H21N3O4S. The molecule has 0 aromatic heterocycles. The molecule has 2 amide bonds. The lowest BCUT2D eigenvalue weighted by Gasteiger charge is -2.17. The molecule has 7 nitrogen and oxygen atoms in total. The van der Waals surface area contributed by atoms with Crippen LogP contribution in [0.5, 0.6) is 0 Å². The van der Waals surface area contributed by atoms with Crippen LogP contribution in [0, 0.1) is 0 Å². The predicted molar refractivity (Wildman–Crippen MR) is 106 cm³/mol. The Bertz CT molecular complexity index is 971. The van der Waals surface area contributed by atoms with Crippen molar-refractivity contribution in [1.82, 2.24) is 0 Å². The van der Waals surface area contributed by atoms with E-state index in [1.54, 1.807) is 47.4 Å². The molecular weight excluding hydrogens is 366 g/mol. The molecule has 8 heteroatoms. The van der Waals surface area contributed by atoms with Crippen molar-refractivity contribution < 1.29 is 18.0 Å². The Balaban J connectivity index is 1.73. The number of hydrogen-bond donors (Lipinski definition) is 1. The van der Waals surface area contributed by atoms with E-state index < -0.39 is 10.0 Å². The van der Waals surface area contributed by atoms with Gasteiger partial charge >= 0.3 is 0 Å². The first-order chi connectivity index (χ1) is 12.8. The number of carbonyl (C=O) groups is 2. The SMILES string of the molecule is CN(c1cccc(C(=O)Nc2ccc(N3CCCC3=O)cc2)c1)S(C)(=O)=O. The molecule has 0 spiro atoms. The largest absolute Gasteiger partial charge is 0.322 e. The minimum Gasteiger partial charge on any atom is -0.322 e. The third-order valence-corrected chi connectivity index (χ3v) is 5.69. The number of rotatable bonds is 5. The number of carbonyl (C=O) groups excluding carboxylic acids is 2. The van der Waals surface area contributed by atoms with Gasteiger partial charge in [0, 0.05) is 37.0 Å². The highest BCUT2D eigenvalue weighted by Crippen LogP contribution is 2.24. The number of hydrogen-bond acceptors (Lipinski definition) is 4. The minimum atomic E-state index is -3.41. The van der Waals surface area contributed by atoms with Crippen molar-refractivity contribution in [3.8, 4) is 0 Å². The van der Waals surface area contributed by atoms with Gasteiger partial charge in [0.1, 0.15) is 0 Å². The van der Waals surface area contributed by atoms with Crippen LogP contribution in [0.1, 0.15) is 23.2 Å². The summed E-state index contributed by atoms with van der Waals surface area (Å²) in [6.07, 6.45) is 2.53. The molecule has 1 aliphatic rings. The highest BCUT2D eigenvalue weighted by atomic mass is 32.2. The van der Waals surface area contributed by atoms with E-state index in [0.717, 1.165) is 22.7 Å². The molecule has 0 unspecified atom stereocenters. The average Bonchev–Trinajstić information content (AvgIpc) is 3.07. The van der Waals surface area contributed by atoms with Crippen LogP contribution in [-0.2, 0) is 14.8 Å². The van der Waals surface area contributed by atoms with Gasteiger partial charge in [0.15, 0.2) is 0 Å². The minimum absolute atomic E-state index is 0.110. The summed E-state index contributed by atoms with van der Waals surface area (Å²) < 4.78 is 24.4. The van der Waals surface area contributed by atoms with Crippen molar-refractivity contribution in [2.24, 2.45) is 0 Å². The smallest absolute Gasteiger partial charge is 0.255 e. The molecule has 1 N–H and O–H groups in total. The van der Waals surface area contributed by atoms with Crippen molar-refractivity contribution in [3.63, 3.8) is 0 Å². The highest BCUT2D eigenvalue weighted by molar-refractivity contribution is 7.92. The normalized spacial score (nSPS) is 14.3. The van der Waals surface area contributed by atoms with Crippen LogP contribution in [0.3, 0.4) is 0 Å². The molecule has 1 fully saturated rings. The van der Waals surface area contributed by atoms with Gasteiger partial charge in [0.05, 0.1) is 11.9 Å². The predicted octanol–water partition coefficient (Wildman–Crippen LogP) is 2.46. The fourth-order valence-corrected chi connectivity index (χ4v) is 3.38. The van der Waals surface area contributed by atoms with E-state index in [1.807, 2.05) is 0 Å². The summed E-state index contributed by atoms with van der Waals surface area (Å²) in [5.74, 6) is -0.234. The van der Waals surface area contributed by atoms with E-state index in [4.69, 9.17) is 0 Å². The summed E-state index contributed by atoms with van der Waals surface area (Å²) in [5, 5.41) is 2.78. The lowest BCUT2D eigenvalue weighted by Crippen LogP contribution is -2.25. The number of nitrogens with zero attached hydrogens (tertiary/aromatic N) is 2. The fraction of sp³-hybridized carbons (Fsp3) is 0.263. The van der Waals surface area contributed by atoms with Crippen LogP contribution < -0.4 is 14.5 Å². The second-order valence-electron chi connectivity index (χ2n) is 6.43. The Morgan fingerprint density at radius 3 is 2.44 bits per heavy atom. The lowest BCUT2D eigenvalue weighted by atomic mass is 10.2. The van der Waals surface area contributed by atoms with Gasteiger partial charge in [-0.1, -0.05) is 6.07 Å². The van der Waals surface area contributed by atoms with E-state index in [1.165, 1.54) is 13.1 Å². The zero-order chi connectivity index (χ0) is 19.6. The molecule has 1 heterocycles. The Labute approximate surface area is 158 Å². The van der Waals surface area contributed by atoms with Crippen LogP contribution in [0.4, 0.5) is 17.1 Å². The summed E-state index contributed by atoms with van der Waals surface area (Å²) in [5.41, 5.74) is 2.17. The number of benzene rings is 2. The van der Waals surface area contributed by atoms with Crippen LogP contribution in [-0.4, -0.2) is 40.1 Å². The lowest BCUT2D eigenvalue weighted by molar-refractivity contribution is -0.117. The van der Waals surface area contributed by atoms with Crippen LogP contribution in [0.15, 0.2) is 48.5 Å². The quantitative estimate of drug-likeness (QED) is 0.854. The third-order valence-electron chi connectivity index (χ3n) is 4.48. The summed E-state index contributed by atoms with van der Waals surface area (Å²) >= 11 is 0. The first kappa shape index (κ1) is 18.9.